The maximum Gasteiger partial charge on any atom is 0.256 e. The third-order valence-corrected chi connectivity index (χ3v) is 8.08. The van der Waals surface area contributed by atoms with Crippen molar-refractivity contribution in [3.05, 3.63) is 105 Å². The number of carbonyl (C=O) groups excluding carboxylic acids is 1. The lowest BCUT2D eigenvalue weighted by atomic mass is 9.77. The topological polar surface area (TPSA) is 84.7 Å². The monoisotopic (exact) mass is 489 g/mol. The maximum absolute atomic E-state index is 13.5. The Morgan fingerprint density at radius 1 is 1.09 bits per heavy atom. The molecule has 0 bridgehead atoms. The second-order valence-electron chi connectivity index (χ2n) is 9.37. The molecule has 3 aliphatic rings. The molecule has 0 saturated carbocycles. The lowest BCUT2D eigenvalue weighted by Gasteiger charge is -2.32. The minimum atomic E-state index is -1.30. The molecule has 6 rings (SSSR count). The molecule has 7 nitrogen and oxygen atoms in total. The molecule has 3 aromatic rings. The number of halogens is 1. The van der Waals surface area contributed by atoms with Crippen LogP contribution in [0, 0.1) is 10.1 Å². The van der Waals surface area contributed by atoms with Gasteiger partial charge < -0.3 is 10.1 Å². The van der Waals surface area contributed by atoms with E-state index in [9.17, 15) is 14.9 Å². The first-order valence-electron chi connectivity index (χ1n) is 11.8. The Labute approximate surface area is 207 Å². The summed E-state index contributed by atoms with van der Waals surface area (Å²) in [7, 11) is 0. The summed E-state index contributed by atoms with van der Waals surface area (Å²) in [6, 6.07) is 21.2. The lowest BCUT2D eigenvalue weighted by Crippen LogP contribution is -2.55. The van der Waals surface area contributed by atoms with Crippen LogP contribution in [0.25, 0.3) is 0 Å². The number of benzene rings is 3. The quantitative estimate of drug-likeness (QED) is 0.404. The predicted octanol–water partition coefficient (Wildman–Crippen LogP) is 4.97. The number of nitro groups is 1. The fraction of sp³-hybridized carbons (Fsp3) is 0.296. The highest BCUT2D eigenvalue weighted by molar-refractivity contribution is 6.31. The molecule has 2 saturated heterocycles. The van der Waals surface area contributed by atoms with Crippen LogP contribution in [0.4, 0.5) is 5.69 Å². The van der Waals surface area contributed by atoms with Gasteiger partial charge in [0.25, 0.3) is 11.9 Å². The molecule has 0 aromatic heterocycles. The number of amides is 1. The number of para-hydroxylation sites is 1. The Balaban J connectivity index is 1.35. The molecule has 1 amide bonds. The van der Waals surface area contributed by atoms with Crippen molar-refractivity contribution in [1.29, 1.82) is 0 Å². The SMILES string of the molecule is O=C1Nc2ccccc2[C@]12[C@H]([N+](=O)[O-])[C@@H](c1ccc(OCc3ccccc3Cl)cc1)[C@@H]1CCCN12. The van der Waals surface area contributed by atoms with Crippen LogP contribution < -0.4 is 10.1 Å². The molecule has 1 N–H and O–H groups in total. The molecule has 4 atom stereocenters. The largest absolute Gasteiger partial charge is 0.489 e. The fourth-order valence-electron chi connectivity index (χ4n) is 6.34. The highest BCUT2D eigenvalue weighted by Gasteiger charge is 2.73. The van der Waals surface area contributed by atoms with Crippen LogP contribution >= 0.6 is 11.6 Å². The van der Waals surface area contributed by atoms with E-state index < -0.39 is 17.5 Å². The number of anilines is 1. The standard InChI is InChI=1S/C27H24ClN3O4/c28-21-8-3-1-6-18(21)16-35-19-13-11-17(12-14-19)24-23-10-5-15-30(23)27(25(24)31(33)34)20-7-2-4-9-22(20)29-26(27)32/h1-4,6-9,11-14,23-25H,5,10,15-16H2,(H,29,32)/t23-,24-,25+,27-/m0/s1. The molecule has 3 heterocycles. The molecule has 2 fully saturated rings. The van der Waals surface area contributed by atoms with E-state index in [0.717, 1.165) is 24.0 Å². The zero-order valence-corrected chi connectivity index (χ0v) is 19.6. The summed E-state index contributed by atoms with van der Waals surface area (Å²) in [5, 5.41) is 16.2. The molecule has 8 heteroatoms. The van der Waals surface area contributed by atoms with Crippen LogP contribution in [0.3, 0.4) is 0 Å². The smallest absolute Gasteiger partial charge is 0.256 e. The summed E-state index contributed by atoms with van der Waals surface area (Å²) < 4.78 is 5.92. The van der Waals surface area contributed by atoms with Crippen LogP contribution in [0.1, 0.15) is 35.4 Å². The molecular weight excluding hydrogens is 466 g/mol. The minimum Gasteiger partial charge on any atom is -0.489 e. The van der Waals surface area contributed by atoms with Gasteiger partial charge in [0.1, 0.15) is 12.4 Å². The highest BCUT2D eigenvalue weighted by atomic mass is 35.5. The Hall–Kier alpha value is -3.42. The Bertz CT molecular complexity index is 1310. The van der Waals surface area contributed by atoms with Crippen molar-refractivity contribution in [2.45, 2.75) is 43.0 Å². The predicted molar refractivity (Wildman–Crippen MR) is 132 cm³/mol. The van der Waals surface area contributed by atoms with Crippen molar-refractivity contribution < 1.29 is 14.5 Å². The number of hydrogen-bond donors (Lipinski definition) is 1. The zero-order chi connectivity index (χ0) is 24.2. The first-order valence-corrected chi connectivity index (χ1v) is 12.2. The van der Waals surface area contributed by atoms with Gasteiger partial charge in [-0.1, -0.05) is 60.1 Å². The average molecular weight is 490 g/mol. The van der Waals surface area contributed by atoms with E-state index in [0.29, 0.717) is 35.2 Å². The Kier molecular flexibility index (Phi) is 5.27. The number of nitrogens with zero attached hydrogens (tertiary/aromatic N) is 2. The second-order valence-corrected chi connectivity index (χ2v) is 9.78. The van der Waals surface area contributed by atoms with Crippen molar-refractivity contribution in [2.24, 2.45) is 0 Å². The summed E-state index contributed by atoms with van der Waals surface area (Å²) in [6.45, 7) is 0.989. The van der Waals surface area contributed by atoms with Crippen LogP contribution in [0.15, 0.2) is 72.8 Å². The van der Waals surface area contributed by atoms with Gasteiger partial charge in [-0.3, -0.25) is 19.8 Å². The average Bonchev–Trinajstić information content (AvgIpc) is 3.52. The first kappa shape index (κ1) is 22.1. The van der Waals surface area contributed by atoms with Crippen molar-refractivity contribution in [3.8, 4) is 5.75 Å². The summed E-state index contributed by atoms with van der Waals surface area (Å²) in [5.41, 5.74) is 1.81. The Morgan fingerprint density at radius 3 is 2.60 bits per heavy atom. The van der Waals surface area contributed by atoms with Gasteiger partial charge in [-0.25, -0.2) is 0 Å². The van der Waals surface area contributed by atoms with E-state index in [1.165, 1.54) is 0 Å². The van der Waals surface area contributed by atoms with Gasteiger partial charge >= 0.3 is 0 Å². The van der Waals surface area contributed by atoms with Crippen LogP contribution in [-0.4, -0.2) is 34.4 Å². The summed E-state index contributed by atoms with van der Waals surface area (Å²) in [5.74, 6) is -0.0530. The first-order chi connectivity index (χ1) is 17.0. The third kappa shape index (κ3) is 3.26. The lowest BCUT2D eigenvalue weighted by molar-refractivity contribution is -0.534. The Morgan fingerprint density at radius 2 is 1.83 bits per heavy atom. The van der Waals surface area contributed by atoms with E-state index in [1.54, 1.807) is 0 Å². The van der Waals surface area contributed by atoms with Crippen molar-refractivity contribution in [3.63, 3.8) is 0 Å². The van der Waals surface area contributed by atoms with Crippen LogP contribution in [0.2, 0.25) is 5.02 Å². The van der Waals surface area contributed by atoms with Gasteiger partial charge in [0.05, 0.1) is 5.92 Å². The zero-order valence-electron chi connectivity index (χ0n) is 18.9. The molecule has 3 aromatic carbocycles. The van der Waals surface area contributed by atoms with Crippen molar-refractivity contribution in [2.75, 3.05) is 11.9 Å². The molecule has 3 aliphatic heterocycles. The molecule has 0 radical (unpaired) electrons. The minimum absolute atomic E-state index is 0.0859. The molecular formula is C27H24ClN3O4. The number of carbonyl (C=O) groups is 1. The molecule has 35 heavy (non-hydrogen) atoms. The molecule has 0 aliphatic carbocycles. The summed E-state index contributed by atoms with van der Waals surface area (Å²) >= 11 is 6.22. The second kappa shape index (κ2) is 8.36. The van der Waals surface area contributed by atoms with Crippen LogP contribution in [0.5, 0.6) is 5.75 Å². The molecule has 178 valence electrons. The molecule has 0 unspecified atom stereocenters. The van der Waals surface area contributed by atoms with Crippen molar-refractivity contribution >= 4 is 23.2 Å². The fourth-order valence-corrected chi connectivity index (χ4v) is 6.53. The van der Waals surface area contributed by atoms with E-state index in [1.807, 2.05) is 72.8 Å². The van der Waals surface area contributed by atoms with E-state index in [4.69, 9.17) is 16.3 Å². The number of fused-ring (bicyclic) bond motifs is 4. The van der Waals surface area contributed by atoms with E-state index in [2.05, 4.69) is 10.2 Å². The summed E-state index contributed by atoms with van der Waals surface area (Å²) in [4.78, 5) is 28.0. The van der Waals surface area contributed by atoms with E-state index >= 15 is 0 Å². The normalized spacial score (nSPS) is 27.0. The van der Waals surface area contributed by atoms with Crippen LogP contribution in [-0.2, 0) is 16.9 Å². The number of rotatable bonds is 5. The van der Waals surface area contributed by atoms with Gasteiger partial charge in [0.2, 0.25) is 0 Å². The highest BCUT2D eigenvalue weighted by Crippen LogP contribution is 2.58. The van der Waals surface area contributed by atoms with Crippen molar-refractivity contribution in [1.82, 2.24) is 4.90 Å². The third-order valence-electron chi connectivity index (χ3n) is 7.71. The van der Waals surface area contributed by atoms with Gasteiger partial charge in [0, 0.05) is 39.3 Å². The van der Waals surface area contributed by atoms with Gasteiger partial charge in [0.15, 0.2) is 5.54 Å². The number of ether oxygens (including phenoxy) is 1. The van der Waals surface area contributed by atoms with Gasteiger partial charge in [-0.2, -0.15) is 0 Å². The maximum atomic E-state index is 13.5. The van der Waals surface area contributed by atoms with Gasteiger partial charge in [-0.15, -0.1) is 0 Å². The number of hydrogen-bond acceptors (Lipinski definition) is 5. The number of nitrogens with one attached hydrogen (secondary N) is 1. The van der Waals surface area contributed by atoms with E-state index in [-0.39, 0.29) is 16.9 Å². The molecule has 1 spiro atoms. The van der Waals surface area contributed by atoms with Gasteiger partial charge in [-0.05, 0) is 42.7 Å². The summed E-state index contributed by atoms with van der Waals surface area (Å²) in [6.07, 6.45) is 1.72.